The molecule has 0 radical (unpaired) electrons. The lowest BCUT2D eigenvalue weighted by molar-refractivity contribution is -0.137. The van der Waals surface area contributed by atoms with Crippen LogP contribution >= 0.6 is 0 Å². The van der Waals surface area contributed by atoms with Gasteiger partial charge in [-0.3, -0.25) is 0 Å². The molecule has 1 fully saturated rings. The molecule has 0 aromatic heterocycles. The SMILES string of the molecule is CCCCC1CC/C(=N\O)C1c1cccc(C(F)(F)F)c1. The van der Waals surface area contributed by atoms with Crippen molar-refractivity contribution in [3.63, 3.8) is 0 Å². The van der Waals surface area contributed by atoms with Crippen molar-refractivity contribution in [2.24, 2.45) is 11.1 Å². The Bertz CT molecular complexity index is 510. The van der Waals surface area contributed by atoms with Gasteiger partial charge in [0.2, 0.25) is 0 Å². The maximum absolute atomic E-state index is 12.9. The molecule has 2 atom stereocenters. The minimum absolute atomic E-state index is 0.191. The Balaban J connectivity index is 2.32. The molecular formula is C16H20F3NO. The first kappa shape index (κ1) is 15.9. The number of rotatable bonds is 4. The fourth-order valence-corrected chi connectivity index (χ4v) is 3.19. The van der Waals surface area contributed by atoms with Crippen molar-refractivity contribution in [1.82, 2.24) is 0 Å². The molecule has 1 saturated carbocycles. The fraction of sp³-hybridized carbons (Fsp3) is 0.562. The minimum Gasteiger partial charge on any atom is -0.411 e. The molecule has 0 saturated heterocycles. The lowest BCUT2D eigenvalue weighted by atomic mass is 9.84. The lowest BCUT2D eigenvalue weighted by Crippen LogP contribution is -2.15. The predicted molar refractivity (Wildman–Crippen MR) is 75.7 cm³/mol. The van der Waals surface area contributed by atoms with Crippen LogP contribution in [0.1, 0.15) is 56.1 Å². The third-order valence-corrected chi connectivity index (χ3v) is 4.23. The second-order valence-corrected chi connectivity index (χ2v) is 5.63. The van der Waals surface area contributed by atoms with E-state index in [2.05, 4.69) is 12.1 Å². The first-order valence-corrected chi connectivity index (χ1v) is 7.35. The first-order valence-electron chi connectivity index (χ1n) is 7.35. The van der Waals surface area contributed by atoms with Gasteiger partial charge in [-0.2, -0.15) is 13.2 Å². The second-order valence-electron chi connectivity index (χ2n) is 5.63. The normalized spacial score (nSPS) is 24.7. The summed E-state index contributed by atoms with van der Waals surface area (Å²) in [7, 11) is 0. The van der Waals surface area contributed by atoms with Crippen LogP contribution in [0.4, 0.5) is 13.2 Å². The maximum atomic E-state index is 12.9. The molecule has 1 aliphatic carbocycles. The molecule has 0 amide bonds. The molecule has 0 spiro atoms. The molecule has 1 aliphatic rings. The quantitative estimate of drug-likeness (QED) is 0.600. The van der Waals surface area contributed by atoms with Gasteiger partial charge in [0.05, 0.1) is 11.3 Å². The molecule has 0 aliphatic heterocycles. The topological polar surface area (TPSA) is 32.6 Å². The number of alkyl halides is 3. The van der Waals surface area contributed by atoms with E-state index >= 15 is 0 Å². The summed E-state index contributed by atoms with van der Waals surface area (Å²) >= 11 is 0. The zero-order chi connectivity index (χ0) is 15.5. The molecule has 1 aromatic rings. The zero-order valence-corrected chi connectivity index (χ0v) is 12.0. The van der Waals surface area contributed by atoms with E-state index in [1.54, 1.807) is 6.07 Å². The van der Waals surface area contributed by atoms with Crippen molar-refractivity contribution >= 4 is 5.71 Å². The number of unbranched alkanes of at least 4 members (excludes halogenated alkanes) is 1. The first-order chi connectivity index (χ1) is 9.97. The summed E-state index contributed by atoms with van der Waals surface area (Å²) in [6, 6.07) is 5.41. The van der Waals surface area contributed by atoms with Crippen molar-refractivity contribution in [3.05, 3.63) is 35.4 Å². The third-order valence-electron chi connectivity index (χ3n) is 4.23. The van der Waals surface area contributed by atoms with Gasteiger partial charge in [-0.1, -0.05) is 43.1 Å². The Hall–Kier alpha value is -1.52. The predicted octanol–water partition coefficient (Wildman–Crippen LogP) is 5.22. The Kier molecular flexibility index (Phi) is 4.91. The van der Waals surface area contributed by atoms with E-state index in [4.69, 9.17) is 5.21 Å². The summed E-state index contributed by atoms with van der Waals surface area (Å²) in [5.41, 5.74) is 0.574. The van der Waals surface area contributed by atoms with Crippen LogP contribution in [0.3, 0.4) is 0 Å². The van der Waals surface area contributed by atoms with Crippen molar-refractivity contribution in [1.29, 1.82) is 0 Å². The third kappa shape index (κ3) is 3.57. The highest BCUT2D eigenvalue weighted by atomic mass is 19.4. The van der Waals surface area contributed by atoms with Crippen LogP contribution in [0, 0.1) is 5.92 Å². The van der Waals surface area contributed by atoms with Crippen molar-refractivity contribution in [2.75, 3.05) is 0 Å². The summed E-state index contributed by atoms with van der Waals surface area (Å²) in [6.45, 7) is 2.09. The molecular weight excluding hydrogens is 279 g/mol. The van der Waals surface area contributed by atoms with Crippen molar-refractivity contribution in [2.45, 2.75) is 51.1 Å². The zero-order valence-electron chi connectivity index (χ0n) is 12.0. The average molecular weight is 299 g/mol. The number of oxime groups is 1. The van der Waals surface area contributed by atoms with Gasteiger partial charge in [-0.25, -0.2) is 0 Å². The van der Waals surface area contributed by atoms with Gasteiger partial charge in [-0.05, 0) is 36.8 Å². The molecule has 1 aromatic carbocycles. The highest BCUT2D eigenvalue weighted by Crippen LogP contribution is 2.42. The van der Waals surface area contributed by atoms with Gasteiger partial charge < -0.3 is 5.21 Å². The van der Waals surface area contributed by atoms with Gasteiger partial charge >= 0.3 is 6.18 Å². The molecule has 2 rings (SSSR count). The molecule has 0 heterocycles. The minimum atomic E-state index is -4.34. The lowest BCUT2D eigenvalue weighted by Gasteiger charge is -2.21. The van der Waals surface area contributed by atoms with Crippen molar-refractivity contribution in [3.8, 4) is 0 Å². The van der Waals surface area contributed by atoms with Gasteiger partial charge in [-0.15, -0.1) is 0 Å². The average Bonchev–Trinajstić information content (AvgIpc) is 2.87. The van der Waals surface area contributed by atoms with E-state index in [1.165, 1.54) is 12.1 Å². The molecule has 2 unspecified atom stereocenters. The van der Waals surface area contributed by atoms with E-state index in [-0.39, 0.29) is 11.8 Å². The number of hydrogen-bond donors (Lipinski definition) is 1. The molecule has 0 bridgehead atoms. The van der Waals surface area contributed by atoms with Crippen LogP contribution in [0.5, 0.6) is 0 Å². The standard InChI is InChI=1S/C16H20F3NO/c1-2-3-5-11-8-9-14(20-21)15(11)12-6-4-7-13(10-12)16(17,18)19/h4,6-7,10-11,15,21H,2-3,5,8-9H2,1H3/b20-14+. The number of halogens is 3. The summed E-state index contributed by atoms with van der Waals surface area (Å²) in [5, 5.41) is 12.5. The van der Waals surface area contributed by atoms with Crippen LogP contribution in [0.2, 0.25) is 0 Å². The summed E-state index contributed by atoms with van der Waals surface area (Å²) < 4.78 is 38.6. The number of hydrogen-bond acceptors (Lipinski definition) is 2. The summed E-state index contributed by atoms with van der Waals surface area (Å²) in [4.78, 5) is 0. The molecule has 1 N–H and O–H groups in total. The monoisotopic (exact) mass is 299 g/mol. The Morgan fingerprint density at radius 3 is 2.71 bits per heavy atom. The van der Waals surface area contributed by atoms with Gasteiger partial charge in [0.15, 0.2) is 0 Å². The molecule has 116 valence electrons. The van der Waals surface area contributed by atoms with Crippen LogP contribution < -0.4 is 0 Å². The number of nitrogens with zero attached hydrogens (tertiary/aromatic N) is 1. The molecule has 21 heavy (non-hydrogen) atoms. The van der Waals surface area contributed by atoms with Gasteiger partial charge in [0, 0.05) is 5.92 Å². The fourth-order valence-electron chi connectivity index (χ4n) is 3.19. The van der Waals surface area contributed by atoms with E-state index in [1.807, 2.05) is 0 Å². The summed E-state index contributed by atoms with van der Waals surface area (Å²) in [5.74, 6) is 0.0724. The highest BCUT2D eigenvalue weighted by Gasteiger charge is 2.36. The summed E-state index contributed by atoms with van der Waals surface area (Å²) in [6.07, 6.45) is 0.239. The Labute approximate surface area is 122 Å². The Morgan fingerprint density at radius 2 is 2.10 bits per heavy atom. The van der Waals surface area contributed by atoms with E-state index < -0.39 is 11.7 Å². The van der Waals surface area contributed by atoms with E-state index in [0.717, 1.165) is 31.7 Å². The van der Waals surface area contributed by atoms with Crippen LogP contribution in [0.15, 0.2) is 29.4 Å². The van der Waals surface area contributed by atoms with Crippen LogP contribution in [-0.4, -0.2) is 10.9 Å². The second kappa shape index (κ2) is 6.50. The van der Waals surface area contributed by atoms with Crippen LogP contribution in [-0.2, 0) is 6.18 Å². The van der Waals surface area contributed by atoms with Crippen molar-refractivity contribution < 1.29 is 18.4 Å². The highest BCUT2D eigenvalue weighted by molar-refractivity contribution is 5.92. The van der Waals surface area contributed by atoms with Gasteiger partial charge in [0.1, 0.15) is 0 Å². The van der Waals surface area contributed by atoms with Gasteiger partial charge in [0.25, 0.3) is 0 Å². The number of benzene rings is 1. The largest absolute Gasteiger partial charge is 0.416 e. The smallest absolute Gasteiger partial charge is 0.411 e. The van der Waals surface area contributed by atoms with E-state index in [0.29, 0.717) is 17.7 Å². The molecule has 5 heteroatoms. The molecule has 2 nitrogen and oxygen atoms in total. The maximum Gasteiger partial charge on any atom is 0.416 e. The van der Waals surface area contributed by atoms with E-state index in [9.17, 15) is 13.2 Å². The van der Waals surface area contributed by atoms with Crippen LogP contribution in [0.25, 0.3) is 0 Å². The Morgan fingerprint density at radius 1 is 1.33 bits per heavy atom.